The van der Waals surface area contributed by atoms with Crippen molar-refractivity contribution in [1.82, 2.24) is 0 Å². The fourth-order valence-electron chi connectivity index (χ4n) is 8.09. The second kappa shape index (κ2) is 13.4. The molecular formula is C52H35NO. The first-order chi connectivity index (χ1) is 26.8. The number of para-hydroxylation sites is 3. The van der Waals surface area contributed by atoms with Crippen LogP contribution in [0, 0.1) is 0 Å². The monoisotopic (exact) mass is 689 g/mol. The fourth-order valence-corrected chi connectivity index (χ4v) is 8.09. The standard InChI is InChI=1S/C52H35NO/c1-3-18-36(19-4-1)39-24-9-10-28-44(39)51-41(38-20-5-2-6-21-38)29-17-34-49(51)53(47-33-15-23-37-22-7-8-25-40(37)47)48-32-13-11-26-42(48)45-30-16-31-46-43-27-12-14-35-50(43)54-52(45)46/h1-35H. The maximum Gasteiger partial charge on any atom is 0.143 e. The Balaban J connectivity index is 1.33. The Morgan fingerprint density at radius 2 is 0.796 bits per heavy atom. The van der Waals surface area contributed by atoms with E-state index in [1.165, 1.54) is 33.0 Å². The maximum atomic E-state index is 6.67. The van der Waals surface area contributed by atoms with Crippen LogP contribution in [0.3, 0.4) is 0 Å². The quantitative estimate of drug-likeness (QED) is 0.166. The van der Waals surface area contributed by atoms with E-state index < -0.39 is 0 Å². The Labute approximate surface area is 314 Å². The van der Waals surface area contributed by atoms with Crippen molar-refractivity contribution in [1.29, 1.82) is 0 Å². The van der Waals surface area contributed by atoms with Crippen molar-refractivity contribution in [3.8, 4) is 44.5 Å². The van der Waals surface area contributed by atoms with Crippen LogP contribution in [0.2, 0.25) is 0 Å². The minimum atomic E-state index is 0.886. The van der Waals surface area contributed by atoms with Crippen molar-refractivity contribution < 1.29 is 4.42 Å². The molecule has 54 heavy (non-hydrogen) atoms. The molecule has 10 aromatic rings. The first-order valence-corrected chi connectivity index (χ1v) is 18.4. The van der Waals surface area contributed by atoms with Crippen molar-refractivity contribution in [2.24, 2.45) is 0 Å². The van der Waals surface area contributed by atoms with E-state index in [1.807, 2.05) is 6.07 Å². The Hall–Kier alpha value is -7.16. The van der Waals surface area contributed by atoms with Crippen LogP contribution in [0.15, 0.2) is 217 Å². The minimum Gasteiger partial charge on any atom is -0.455 e. The van der Waals surface area contributed by atoms with Gasteiger partial charge < -0.3 is 9.32 Å². The van der Waals surface area contributed by atoms with Crippen LogP contribution in [0.1, 0.15) is 0 Å². The lowest BCUT2D eigenvalue weighted by molar-refractivity contribution is 0.670. The predicted octanol–water partition coefficient (Wildman–Crippen LogP) is 14.9. The highest BCUT2D eigenvalue weighted by Crippen LogP contribution is 2.51. The van der Waals surface area contributed by atoms with Gasteiger partial charge in [0.05, 0.1) is 17.1 Å². The SMILES string of the molecule is c1ccc(-c2ccccc2-c2c(-c3ccccc3)cccc2N(c2ccccc2-c2cccc3c2oc2ccccc23)c2cccc3ccccc23)cc1. The largest absolute Gasteiger partial charge is 0.455 e. The van der Waals surface area contributed by atoms with Gasteiger partial charge in [-0.25, -0.2) is 0 Å². The first-order valence-electron chi connectivity index (χ1n) is 18.4. The van der Waals surface area contributed by atoms with Crippen molar-refractivity contribution in [2.45, 2.75) is 0 Å². The number of hydrogen-bond acceptors (Lipinski definition) is 2. The molecule has 254 valence electrons. The van der Waals surface area contributed by atoms with E-state index in [-0.39, 0.29) is 0 Å². The third kappa shape index (κ3) is 5.36. The van der Waals surface area contributed by atoms with E-state index in [1.54, 1.807) is 0 Å². The Bertz CT molecular complexity index is 2940. The molecule has 0 aliphatic rings. The van der Waals surface area contributed by atoms with Crippen LogP contribution in [-0.2, 0) is 0 Å². The van der Waals surface area contributed by atoms with Gasteiger partial charge in [-0.05, 0) is 57.5 Å². The van der Waals surface area contributed by atoms with Crippen molar-refractivity contribution >= 4 is 49.8 Å². The molecule has 2 heteroatoms. The summed E-state index contributed by atoms with van der Waals surface area (Å²) >= 11 is 0. The molecule has 0 saturated carbocycles. The Morgan fingerprint density at radius 3 is 1.61 bits per heavy atom. The summed E-state index contributed by atoms with van der Waals surface area (Å²) in [6, 6.07) is 75.9. The number of furan rings is 1. The second-order valence-electron chi connectivity index (χ2n) is 13.6. The van der Waals surface area contributed by atoms with Gasteiger partial charge in [-0.3, -0.25) is 0 Å². The number of anilines is 3. The van der Waals surface area contributed by atoms with Crippen LogP contribution in [-0.4, -0.2) is 0 Å². The highest BCUT2D eigenvalue weighted by atomic mass is 16.3. The van der Waals surface area contributed by atoms with Gasteiger partial charge in [0.25, 0.3) is 0 Å². The van der Waals surface area contributed by atoms with Crippen LogP contribution in [0.25, 0.3) is 77.2 Å². The fraction of sp³-hybridized carbons (Fsp3) is 0. The van der Waals surface area contributed by atoms with E-state index in [0.717, 1.165) is 61.3 Å². The van der Waals surface area contributed by atoms with Crippen LogP contribution in [0.4, 0.5) is 17.1 Å². The summed E-state index contributed by atoms with van der Waals surface area (Å²) in [5, 5.41) is 4.58. The third-order valence-corrected chi connectivity index (χ3v) is 10.5. The predicted molar refractivity (Wildman–Crippen MR) is 228 cm³/mol. The van der Waals surface area contributed by atoms with Gasteiger partial charge in [0.1, 0.15) is 11.2 Å². The van der Waals surface area contributed by atoms with Gasteiger partial charge in [0.2, 0.25) is 0 Å². The maximum absolute atomic E-state index is 6.67. The molecule has 0 spiro atoms. The molecule has 0 aliphatic heterocycles. The molecule has 0 N–H and O–H groups in total. The molecule has 0 bridgehead atoms. The summed E-state index contributed by atoms with van der Waals surface area (Å²) < 4.78 is 6.67. The van der Waals surface area contributed by atoms with Gasteiger partial charge in [0.15, 0.2) is 0 Å². The average Bonchev–Trinajstić information content (AvgIpc) is 3.64. The smallest absolute Gasteiger partial charge is 0.143 e. The minimum absolute atomic E-state index is 0.886. The normalized spacial score (nSPS) is 11.3. The Kier molecular flexibility index (Phi) is 7.85. The topological polar surface area (TPSA) is 16.4 Å². The molecular weight excluding hydrogens is 655 g/mol. The van der Waals surface area contributed by atoms with E-state index in [9.17, 15) is 0 Å². The zero-order chi connectivity index (χ0) is 35.8. The summed E-state index contributed by atoms with van der Waals surface area (Å²) in [5.41, 5.74) is 14.2. The molecule has 0 fully saturated rings. The highest BCUT2D eigenvalue weighted by Gasteiger charge is 2.26. The third-order valence-electron chi connectivity index (χ3n) is 10.5. The lowest BCUT2D eigenvalue weighted by Gasteiger charge is -2.32. The molecule has 10 rings (SSSR count). The molecule has 0 amide bonds. The number of rotatable bonds is 7. The summed E-state index contributed by atoms with van der Waals surface area (Å²) in [5.74, 6) is 0. The summed E-state index contributed by atoms with van der Waals surface area (Å²) in [7, 11) is 0. The van der Waals surface area contributed by atoms with Crippen molar-refractivity contribution in [3.05, 3.63) is 212 Å². The molecule has 0 unspecified atom stereocenters. The zero-order valence-corrected chi connectivity index (χ0v) is 29.6. The van der Waals surface area contributed by atoms with Crippen LogP contribution in [0.5, 0.6) is 0 Å². The molecule has 0 atom stereocenters. The van der Waals surface area contributed by atoms with E-state index in [4.69, 9.17) is 4.42 Å². The van der Waals surface area contributed by atoms with E-state index >= 15 is 0 Å². The molecule has 0 saturated heterocycles. The molecule has 1 heterocycles. The van der Waals surface area contributed by atoms with Crippen LogP contribution < -0.4 is 4.90 Å². The van der Waals surface area contributed by atoms with Crippen molar-refractivity contribution in [3.63, 3.8) is 0 Å². The summed E-state index contributed by atoms with van der Waals surface area (Å²) in [6.45, 7) is 0. The summed E-state index contributed by atoms with van der Waals surface area (Å²) in [4.78, 5) is 2.47. The molecule has 0 aliphatic carbocycles. The number of benzene rings is 9. The van der Waals surface area contributed by atoms with Gasteiger partial charge in [0, 0.05) is 32.8 Å². The first kappa shape index (κ1) is 31.6. The molecule has 2 nitrogen and oxygen atoms in total. The van der Waals surface area contributed by atoms with Gasteiger partial charge >= 0.3 is 0 Å². The zero-order valence-electron chi connectivity index (χ0n) is 29.6. The number of hydrogen-bond donors (Lipinski definition) is 0. The lowest BCUT2D eigenvalue weighted by Crippen LogP contribution is -2.13. The summed E-state index contributed by atoms with van der Waals surface area (Å²) in [6.07, 6.45) is 0. The van der Waals surface area contributed by atoms with Gasteiger partial charge in [-0.1, -0.05) is 188 Å². The number of fused-ring (bicyclic) bond motifs is 4. The Morgan fingerprint density at radius 1 is 0.296 bits per heavy atom. The van der Waals surface area contributed by atoms with Crippen LogP contribution >= 0.6 is 0 Å². The number of nitrogens with zero attached hydrogens (tertiary/aromatic N) is 1. The highest BCUT2D eigenvalue weighted by molar-refractivity contribution is 6.12. The molecule has 0 radical (unpaired) electrons. The second-order valence-corrected chi connectivity index (χ2v) is 13.6. The van der Waals surface area contributed by atoms with Gasteiger partial charge in [-0.2, -0.15) is 0 Å². The van der Waals surface area contributed by atoms with E-state index in [0.29, 0.717) is 0 Å². The van der Waals surface area contributed by atoms with Gasteiger partial charge in [-0.15, -0.1) is 0 Å². The van der Waals surface area contributed by atoms with E-state index in [2.05, 4.69) is 211 Å². The van der Waals surface area contributed by atoms with Crippen molar-refractivity contribution in [2.75, 3.05) is 4.90 Å². The molecule has 9 aromatic carbocycles. The molecule has 1 aromatic heterocycles. The average molecular weight is 690 g/mol. The lowest BCUT2D eigenvalue weighted by atomic mass is 9.87.